The van der Waals surface area contributed by atoms with Gasteiger partial charge in [-0.05, 0) is 23.6 Å². The fourth-order valence-corrected chi connectivity index (χ4v) is 3.82. The zero-order valence-electron chi connectivity index (χ0n) is 13.2. The lowest BCUT2D eigenvalue weighted by molar-refractivity contribution is 0.595. The third-order valence-electron chi connectivity index (χ3n) is 3.67. The van der Waals surface area contributed by atoms with Gasteiger partial charge in [0.2, 0.25) is 10.0 Å². The summed E-state index contributed by atoms with van der Waals surface area (Å²) >= 11 is 0. The van der Waals surface area contributed by atoms with Crippen LogP contribution in [0.25, 0.3) is 11.3 Å². The molecular formula is C17H18N4O2S. The molecule has 7 heteroatoms. The van der Waals surface area contributed by atoms with Gasteiger partial charge in [-0.2, -0.15) is 5.10 Å². The lowest BCUT2D eigenvalue weighted by Crippen LogP contribution is -2.20. The second-order valence-corrected chi connectivity index (χ2v) is 7.36. The first-order valence-corrected chi connectivity index (χ1v) is 9.20. The molecule has 2 heterocycles. The number of pyridine rings is 1. The van der Waals surface area contributed by atoms with Crippen molar-refractivity contribution < 1.29 is 8.42 Å². The monoisotopic (exact) mass is 342 g/mol. The van der Waals surface area contributed by atoms with E-state index in [0.717, 1.165) is 16.8 Å². The Kier molecular flexibility index (Phi) is 4.61. The second kappa shape index (κ2) is 6.84. The summed E-state index contributed by atoms with van der Waals surface area (Å²) in [4.78, 5) is 3.95. The van der Waals surface area contributed by atoms with Crippen molar-refractivity contribution in [2.45, 2.75) is 12.8 Å². The third kappa shape index (κ3) is 3.99. The third-order valence-corrected chi connectivity index (χ3v) is 5.13. The van der Waals surface area contributed by atoms with Gasteiger partial charge in [-0.25, -0.2) is 8.42 Å². The van der Waals surface area contributed by atoms with E-state index in [1.807, 2.05) is 49.4 Å². The number of aromatic amines is 1. The fraction of sp³-hybridized carbons (Fsp3) is 0.176. The van der Waals surface area contributed by atoms with Crippen molar-refractivity contribution in [2.24, 2.45) is 0 Å². The number of rotatable bonds is 6. The lowest BCUT2D eigenvalue weighted by Gasteiger charge is -2.12. The molecule has 0 spiro atoms. The summed E-state index contributed by atoms with van der Waals surface area (Å²) in [5, 5.41) is 6.85. The Morgan fingerprint density at radius 3 is 2.54 bits per heavy atom. The Labute approximate surface area is 141 Å². The van der Waals surface area contributed by atoms with Gasteiger partial charge in [-0.15, -0.1) is 0 Å². The average Bonchev–Trinajstić information content (AvgIpc) is 3.03. The van der Waals surface area contributed by atoms with E-state index in [0.29, 0.717) is 0 Å². The summed E-state index contributed by atoms with van der Waals surface area (Å²) in [6.45, 7) is 1.89. The van der Waals surface area contributed by atoms with E-state index in [4.69, 9.17) is 0 Å². The quantitative estimate of drug-likeness (QED) is 0.721. The number of benzene rings is 1. The molecule has 1 atom stereocenters. The van der Waals surface area contributed by atoms with Crippen LogP contribution in [0.5, 0.6) is 0 Å². The van der Waals surface area contributed by atoms with Gasteiger partial charge in [-0.1, -0.05) is 37.3 Å². The Morgan fingerprint density at radius 1 is 1.12 bits per heavy atom. The average molecular weight is 342 g/mol. The minimum atomic E-state index is -3.50. The minimum absolute atomic E-state index is 0.00549. The Hall–Kier alpha value is -2.67. The molecule has 0 saturated carbocycles. The van der Waals surface area contributed by atoms with Crippen LogP contribution in [0, 0.1) is 0 Å². The molecule has 0 saturated heterocycles. The van der Waals surface area contributed by atoms with Crippen molar-refractivity contribution in [3.05, 3.63) is 66.5 Å². The van der Waals surface area contributed by atoms with Gasteiger partial charge in [0.1, 0.15) is 0 Å². The van der Waals surface area contributed by atoms with Crippen molar-refractivity contribution in [1.29, 1.82) is 0 Å². The van der Waals surface area contributed by atoms with E-state index in [1.165, 1.54) is 0 Å². The molecule has 0 aliphatic heterocycles. The van der Waals surface area contributed by atoms with Crippen LogP contribution in [0.2, 0.25) is 0 Å². The van der Waals surface area contributed by atoms with Crippen LogP contribution in [0.1, 0.15) is 18.4 Å². The first kappa shape index (κ1) is 16.2. The molecule has 0 fully saturated rings. The maximum Gasteiger partial charge on any atom is 0.234 e. The predicted octanol–water partition coefficient (Wildman–Crippen LogP) is 3.02. The Balaban J connectivity index is 1.70. The first-order chi connectivity index (χ1) is 11.5. The minimum Gasteiger partial charge on any atom is -0.276 e. The predicted molar refractivity (Wildman–Crippen MR) is 94.1 cm³/mol. The number of hydrogen-bond acceptors (Lipinski definition) is 4. The van der Waals surface area contributed by atoms with Gasteiger partial charge < -0.3 is 0 Å². The standard InChI is InChI=1S/C17H18N4O2S/c1-13(14-5-3-2-4-6-14)12-24(22,23)21-17-11-16(19-20-17)15-7-9-18-10-8-15/h2-11,13H,12H2,1H3,(H2,19,20,21). The highest BCUT2D eigenvalue weighted by molar-refractivity contribution is 7.92. The number of anilines is 1. The van der Waals surface area contributed by atoms with Crippen LogP contribution in [0.3, 0.4) is 0 Å². The number of aromatic nitrogens is 3. The van der Waals surface area contributed by atoms with E-state index >= 15 is 0 Å². The Morgan fingerprint density at radius 2 is 1.83 bits per heavy atom. The van der Waals surface area contributed by atoms with Gasteiger partial charge in [0.05, 0.1) is 11.4 Å². The van der Waals surface area contributed by atoms with E-state index in [9.17, 15) is 8.42 Å². The van der Waals surface area contributed by atoms with Crippen molar-refractivity contribution in [3.63, 3.8) is 0 Å². The SMILES string of the molecule is CC(CS(=O)(=O)Nc1cc(-c2ccncc2)[nH]n1)c1ccccc1. The van der Waals surface area contributed by atoms with Crippen molar-refractivity contribution >= 4 is 15.8 Å². The molecule has 2 aromatic heterocycles. The lowest BCUT2D eigenvalue weighted by atomic mass is 10.0. The molecular weight excluding hydrogens is 324 g/mol. The number of nitrogens with one attached hydrogen (secondary N) is 2. The number of sulfonamides is 1. The zero-order valence-corrected chi connectivity index (χ0v) is 14.0. The molecule has 3 aromatic rings. The number of hydrogen-bond donors (Lipinski definition) is 2. The van der Waals surface area contributed by atoms with Gasteiger partial charge in [0.25, 0.3) is 0 Å². The molecule has 6 nitrogen and oxygen atoms in total. The van der Waals surface area contributed by atoms with E-state index in [1.54, 1.807) is 18.5 Å². The summed E-state index contributed by atoms with van der Waals surface area (Å²) in [7, 11) is -3.50. The summed E-state index contributed by atoms with van der Waals surface area (Å²) < 4.78 is 27.2. The summed E-state index contributed by atoms with van der Waals surface area (Å²) in [5.74, 6) is 0.165. The molecule has 24 heavy (non-hydrogen) atoms. The molecule has 124 valence electrons. The van der Waals surface area contributed by atoms with E-state index in [-0.39, 0.29) is 17.5 Å². The van der Waals surface area contributed by atoms with E-state index < -0.39 is 10.0 Å². The van der Waals surface area contributed by atoms with Gasteiger partial charge in [-0.3, -0.25) is 14.8 Å². The van der Waals surface area contributed by atoms with Gasteiger partial charge in [0, 0.05) is 24.0 Å². The first-order valence-electron chi connectivity index (χ1n) is 7.55. The molecule has 0 radical (unpaired) electrons. The van der Waals surface area contributed by atoms with Gasteiger partial charge in [0.15, 0.2) is 5.82 Å². The summed E-state index contributed by atoms with van der Waals surface area (Å²) in [6.07, 6.45) is 3.34. The van der Waals surface area contributed by atoms with Crippen LogP contribution >= 0.6 is 0 Å². The highest BCUT2D eigenvalue weighted by atomic mass is 32.2. The van der Waals surface area contributed by atoms with Gasteiger partial charge >= 0.3 is 0 Å². The van der Waals surface area contributed by atoms with Crippen LogP contribution in [-0.2, 0) is 10.0 Å². The fourth-order valence-electron chi connectivity index (χ4n) is 2.46. The second-order valence-electron chi connectivity index (χ2n) is 5.60. The molecule has 0 amide bonds. The molecule has 0 aliphatic rings. The Bertz CT molecular complexity index is 893. The summed E-state index contributed by atoms with van der Waals surface area (Å²) in [6, 6.07) is 14.9. The summed E-state index contributed by atoms with van der Waals surface area (Å²) in [5.41, 5.74) is 2.61. The smallest absolute Gasteiger partial charge is 0.234 e. The molecule has 0 aliphatic carbocycles. The number of H-pyrrole nitrogens is 1. The molecule has 3 rings (SSSR count). The molecule has 0 bridgehead atoms. The van der Waals surface area contributed by atoms with E-state index in [2.05, 4.69) is 19.9 Å². The number of nitrogens with zero attached hydrogens (tertiary/aromatic N) is 2. The van der Waals surface area contributed by atoms with Crippen molar-refractivity contribution in [3.8, 4) is 11.3 Å². The van der Waals surface area contributed by atoms with Crippen molar-refractivity contribution in [1.82, 2.24) is 15.2 Å². The van der Waals surface area contributed by atoms with Crippen LogP contribution in [-0.4, -0.2) is 29.4 Å². The van der Waals surface area contributed by atoms with Crippen LogP contribution in [0.15, 0.2) is 60.9 Å². The largest absolute Gasteiger partial charge is 0.276 e. The normalized spacial score (nSPS) is 12.7. The maximum atomic E-state index is 12.4. The maximum absolute atomic E-state index is 12.4. The topological polar surface area (TPSA) is 87.7 Å². The van der Waals surface area contributed by atoms with Crippen LogP contribution in [0.4, 0.5) is 5.82 Å². The molecule has 2 N–H and O–H groups in total. The van der Waals surface area contributed by atoms with Crippen molar-refractivity contribution in [2.75, 3.05) is 10.5 Å². The highest BCUT2D eigenvalue weighted by Crippen LogP contribution is 2.21. The molecule has 1 unspecified atom stereocenters. The highest BCUT2D eigenvalue weighted by Gasteiger charge is 2.18. The van der Waals surface area contributed by atoms with Crippen LogP contribution < -0.4 is 4.72 Å². The molecule has 1 aromatic carbocycles. The zero-order chi connectivity index (χ0) is 17.0.